The second-order valence-corrected chi connectivity index (χ2v) is 5.31. The SMILES string of the molecule is CN1CCN(C)C(CNCc2cc(F)cc(F)c2)C1. The lowest BCUT2D eigenvalue weighted by molar-refractivity contribution is 0.113. The van der Waals surface area contributed by atoms with Gasteiger partial charge >= 0.3 is 0 Å². The first-order chi connectivity index (χ1) is 9.04. The molecular formula is C14H21F2N3. The zero-order valence-electron chi connectivity index (χ0n) is 11.5. The van der Waals surface area contributed by atoms with Crippen LogP contribution in [0.2, 0.25) is 0 Å². The fraction of sp³-hybridized carbons (Fsp3) is 0.571. The lowest BCUT2D eigenvalue weighted by Gasteiger charge is -2.37. The van der Waals surface area contributed by atoms with E-state index in [0.29, 0.717) is 18.2 Å². The standard InChI is InChI=1S/C14H21F2N3/c1-18-3-4-19(2)14(10-18)9-17-8-11-5-12(15)7-13(16)6-11/h5-7,14,17H,3-4,8-10H2,1-2H3. The third-order valence-corrected chi connectivity index (χ3v) is 3.61. The Morgan fingerprint density at radius 1 is 1.16 bits per heavy atom. The van der Waals surface area contributed by atoms with Gasteiger partial charge in [0.25, 0.3) is 0 Å². The average Bonchev–Trinajstić information content (AvgIpc) is 2.32. The van der Waals surface area contributed by atoms with Crippen LogP contribution in [-0.2, 0) is 6.54 Å². The molecular weight excluding hydrogens is 248 g/mol. The van der Waals surface area contributed by atoms with Crippen molar-refractivity contribution >= 4 is 0 Å². The van der Waals surface area contributed by atoms with Crippen LogP contribution < -0.4 is 5.32 Å². The van der Waals surface area contributed by atoms with E-state index in [1.807, 2.05) is 0 Å². The predicted molar refractivity (Wildman–Crippen MR) is 72.0 cm³/mol. The maximum atomic E-state index is 13.0. The fourth-order valence-electron chi connectivity index (χ4n) is 2.42. The molecule has 1 unspecified atom stereocenters. The minimum atomic E-state index is -0.522. The Morgan fingerprint density at radius 3 is 2.53 bits per heavy atom. The molecule has 5 heteroatoms. The van der Waals surface area contributed by atoms with E-state index in [1.165, 1.54) is 12.1 Å². The number of piperazine rings is 1. The minimum absolute atomic E-state index is 0.442. The zero-order valence-corrected chi connectivity index (χ0v) is 11.5. The molecule has 1 heterocycles. The van der Waals surface area contributed by atoms with Gasteiger partial charge in [0.2, 0.25) is 0 Å². The van der Waals surface area contributed by atoms with Crippen LogP contribution >= 0.6 is 0 Å². The van der Waals surface area contributed by atoms with Gasteiger partial charge in [0.1, 0.15) is 11.6 Å². The van der Waals surface area contributed by atoms with Crippen molar-refractivity contribution in [2.45, 2.75) is 12.6 Å². The summed E-state index contributed by atoms with van der Waals surface area (Å²) in [5.74, 6) is -1.04. The van der Waals surface area contributed by atoms with E-state index in [0.717, 1.165) is 32.2 Å². The highest BCUT2D eigenvalue weighted by Gasteiger charge is 2.21. The van der Waals surface area contributed by atoms with Gasteiger partial charge in [-0.25, -0.2) is 8.78 Å². The summed E-state index contributed by atoms with van der Waals surface area (Å²) in [6, 6.07) is 4.07. The van der Waals surface area contributed by atoms with Gasteiger partial charge in [-0.3, -0.25) is 4.90 Å². The van der Waals surface area contributed by atoms with Crippen molar-refractivity contribution in [2.24, 2.45) is 0 Å². The number of rotatable bonds is 4. The van der Waals surface area contributed by atoms with Crippen LogP contribution in [0.4, 0.5) is 8.78 Å². The molecule has 0 aliphatic carbocycles. The van der Waals surface area contributed by atoms with Gasteiger partial charge < -0.3 is 10.2 Å². The van der Waals surface area contributed by atoms with Gasteiger partial charge in [-0.2, -0.15) is 0 Å². The second kappa shape index (κ2) is 6.41. The molecule has 19 heavy (non-hydrogen) atoms. The molecule has 1 fully saturated rings. The molecule has 1 aromatic carbocycles. The quantitative estimate of drug-likeness (QED) is 0.889. The third-order valence-electron chi connectivity index (χ3n) is 3.61. The number of halogens is 2. The monoisotopic (exact) mass is 269 g/mol. The molecule has 0 radical (unpaired) electrons. The lowest BCUT2D eigenvalue weighted by atomic mass is 10.1. The minimum Gasteiger partial charge on any atom is -0.311 e. The number of benzene rings is 1. The molecule has 2 rings (SSSR count). The van der Waals surface area contributed by atoms with Crippen LogP contribution in [0.5, 0.6) is 0 Å². The first kappa shape index (κ1) is 14.4. The molecule has 0 saturated carbocycles. The van der Waals surface area contributed by atoms with Crippen LogP contribution in [0.15, 0.2) is 18.2 Å². The van der Waals surface area contributed by atoms with Crippen molar-refractivity contribution in [2.75, 3.05) is 40.3 Å². The van der Waals surface area contributed by atoms with Gasteiger partial charge in [-0.15, -0.1) is 0 Å². The summed E-state index contributed by atoms with van der Waals surface area (Å²) in [6.07, 6.45) is 0. The molecule has 106 valence electrons. The smallest absolute Gasteiger partial charge is 0.126 e. The lowest BCUT2D eigenvalue weighted by Crippen LogP contribution is -2.53. The third kappa shape index (κ3) is 4.23. The van der Waals surface area contributed by atoms with Crippen molar-refractivity contribution in [1.29, 1.82) is 0 Å². The fourth-order valence-corrected chi connectivity index (χ4v) is 2.42. The van der Waals surface area contributed by atoms with Crippen molar-refractivity contribution in [3.05, 3.63) is 35.4 Å². The Kier molecular flexibility index (Phi) is 4.85. The van der Waals surface area contributed by atoms with Crippen molar-refractivity contribution < 1.29 is 8.78 Å². The van der Waals surface area contributed by atoms with E-state index in [2.05, 4.69) is 29.2 Å². The first-order valence-corrected chi connectivity index (χ1v) is 6.59. The van der Waals surface area contributed by atoms with E-state index >= 15 is 0 Å². The molecule has 1 aliphatic rings. The van der Waals surface area contributed by atoms with Gasteiger partial charge in [0.15, 0.2) is 0 Å². The molecule has 1 saturated heterocycles. The van der Waals surface area contributed by atoms with Crippen molar-refractivity contribution in [3.8, 4) is 0 Å². The molecule has 0 bridgehead atoms. The molecule has 0 aromatic heterocycles. The highest BCUT2D eigenvalue weighted by atomic mass is 19.1. The van der Waals surface area contributed by atoms with E-state index in [9.17, 15) is 8.78 Å². The summed E-state index contributed by atoms with van der Waals surface area (Å²) < 4.78 is 26.1. The Labute approximate surface area is 113 Å². The maximum absolute atomic E-state index is 13.0. The van der Waals surface area contributed by atoms with Crippen LogP contribution in [0.25, 0.3) is 0 Å². The van der Waals surface area contributed by atoms with E-state index < -0.39 is 11.6 Å². The largest absolute Gasteiger partial charge is 0.311 e. The molecule has 1 aliphatic heterocycles. The van der Waals surface area contributed by atoms with Gasteiger partial charge in [-0.1, -0.05) is 0 Å². The van der Waals surface area contributed by atoms with Crippen molar-refractivity contribution in [3.63, 3.8) is 0 Å². The summed E-state index contributed by atoms with van der Waals surface area (Å²) >= 11 is 0. The molecule has 1 N–H and O–H groups in total. The highest BCUT2D eigenvalue weighted by molar-refractivity contribution is 5.17. The summed E-state index contributed by atoms with van der Waals surface area (Å²) in [7, 11) is 4.23. The van der Waals surface area contributed by atoms with Crippen LogP contribution in [0.3, 0.4) is 0 Å². The number of nitrogens with zero attached hydrogens (tertiary/aromatic N) is 2. The summed E-state index contributed by atoms with van der Waals surface area (Å²) in [6.45, 7) is 4.46. The van der Waals surface area contributed by atoms with E-state index in [1.54, 1.807) is 0 Å². The number of hydrogen-bond acceptors (Lipinski definition) is 3. The Morgan fingerprint density at radius 2 is 1.84 bits per heavy atom. The topological polar surface area (TPSA) is 18.5 Å². The Hall–Kier alpha value is -1.04. The molecule has 1 atom stereocenters. The Bertz CT molecular complexity index is 405. The van der Waals surface area contributed by atoms with Gasteiger partial charge in [0.05, 0.1) is 0 Å². The number of likely N-dealkylation sites (N-methyl/N-ethyl adjacent to an activating group) is 2. The highest BCUT2D eigenvalue weighted by Crippen LogP contribution is 2.08. The summed E-state index contributed by atoms with van der Waals surface area (Å²) in [5, 5.41) is 3.28. The molecule has 1 aromatic rings. The molecule has 0 spiro atoms. The Balaban J connectivity index is 1.82. The second-order valence-electron chi connectivity index (χ2n) is 5.31. The van der Waals surface area contributed by atoms with Gasteiger partial charge in [0, 0.05) is 44.8 Å². The van der Waals surface area contributed by atoms with E-state index in [-0.39, 0.29) is 0 Å². The maximum Gasteiger partial charge on any atom is 0.126 e. The van der Waals surface area contributed by atoms with Crippen LogP contribution in [-0.4, -0.2) is 56.1 Å². The average molecular weight is 269 g/mol. The zero-order chi connectivity index (χ0) is 13.8. The normalized spacial score (nSPS) is 21.8. The van der Waals surface area contributed by atoms with E-state index in [4.69, 9.17) is 0 Å². The summed E-state index contributed by atoms with van der Waals surface area (Å²) in [5.41, 5.74) is 0.643. The van der Waals surface area contributed by atoms with Crippen LogP contribution in [0.1, 0.15) is 5.56 Å². The first-order valence-electron chi connectivity index (χ1n) is 6.59. The molecule has 3 nitrogen and oxygen atoms in total. The summed E-state index contributed by atoms with van der Waals surface area (Å²) in [4.78, 5) is 4.62. The predicted octanol–water partition coefficient (Wildman–Crippen LogP) is 1.30. The number of hydrogen-bond donors (Lipinski definition) is 1. The van der Waals surface area contributed by atoms with Crippen molar-refractivity contribution in [1.82, 2.24) is 15.1 Å². The molecule has 0 amide bonds. The van der Waals surface area contributed by atoms with Crippen LogP contribution in [0, 0.1) is 11.6 Å². The van der Waals surface area contributed by atoms with Gasteiger partial charge in [-0.05, 0) is 31.8 Å². The number of nitrogens with one attached hydrogen (secondary N) is 1.